The monoisotopic (exact) mass is 421 g/mol. The number of alkyl halides is 3. The quantitative estimate of drug-likeness (QED) is 0.454. The van der Waals surface area contributed by atoms with Gasteiger partial charge in [-0.05, 0) is 35.9 Å². The molecular formula is C21H15ClF3NOS. The number of nitrogens with one attached hydrogen (secondary N) is 1. The fraction of sp³-hybridized carbons (Fsp3) is 0.0952. The average Bonchev–Trinajstić information content (AvgIpc) is 2.68. The standard InChI is InChI=1S/C21H15ClF3NOS/c22-17-11-10-15(21(23,24)25)12-18(17)26-20(27)16-8-4-5-9-19(16)28-13-14-6-2-1-3-7-14/h1-12H,13H2,(H,26,27). The van der Waals surface area contributed by atoms with Gasteiger partial charge in [0.1, 0.15) is 0 Å². The second-order valence-corrected chi connectivity index (χ2v) is 7.34. The summed E-state index contributed by atoms with van der Waals surface area (Å²) in [7, 11) is 0. The van der Waals surface area contributed by atoms with Crippen LogP contribution in [0.1, 0.15) is 21.5 Å². The highest BCUT2D eigenvalue weighted by molar-refractivity contribution is 7.98. The number of thioether (sulfide) groups is 1. The molecule has 3 aromatic rings. The summed E-state index contributed by atoms with van der Waals surface area (Å²) in [6.07, 6.45) is -4.52. The largest absolute Gasteiger partial charge is 0.416 e. The number of benzene rings is 3. The SMILES string of the molecule is O=C(Nc1cc(C(F)(F)F)ccc1Cl)c1ccccc1SCc1ccccc1. The summed E-state index contributed by atoms with van der Waals surface area (Å²) in [4.78, 5) is 13.4. The topological polar surface area (TPSA) is 29.1 Å². The first-order valence-electron chi connectivity index (χ1n) is 8.28. The Balaban J connectivity index is 1.80. The Bertz CT molecular complexity index is 977. The molecule has 28 heavy (non-hydrogen) atoms. The minimum Gasteiger partial charge on any atom is -0.321 e. The highest BCUT2D eigenvalue weighted by atomic mass is 35.5. The minimum absolute atomic E-state index is 0.0377. The zero-order chi connectivity index (χ0) is 20.1. The predicted molar refractivity (Wildman–Crippen MR) is 107 cm³/mol. The molecule has 144 valence electrons. The van der Waals surface area contributed by atoms with E-state index >= 15 is 0 Å². The molecular weight excluding hydrogens is 407 g/mol. The number of hydrogen-bond acceptors (Lipinski definition) is 2. The molecule has 0 heterocycles. The summed E-state index contributed by atoms with van der Waals surface area (Å²) in [5.41, 5.74) is 0.517. The maximum Gasteiger partial charge on any atom is 0.416 e. The third-order valence-electron chi connectivity index (χ3n) is 3.91. The number of anilines is 1. The van der Waals surface area contributed by atoms with Crippen LogP contribution >= 0.6 is 23.4 Å². The smallest absolute Gasteiger partial charge is 0.321 e. The van der Waals surface area contributed by atoms with Gasteiger partial charge < -0.3 is 5.32 Å². The zero-order valence-electron chi connectivity index (χ0n) is 14.5. The van der Waals surface area contributed by atoms with Gasteiger partial charge in [-0.15, -0.1) is 11.8 Å². The Morgan fingerprint density at radius 2 is 1.64 bits per heavy atom. The van der Waals surface area contributed by atoms with Gasteiger partial charge in [-0.25, -0.2) is 0 Å². The van der Waals surface area contributed by atoms with Crippen LogP contribution in [0.3, 0.4) is 0 Å². The molecule has 3 rings (SSSR count). The van der Waals surface area contributed by atoms with E-state index in [2.05, 4.69) is 5.32 Å². The molecule has 0 radical (unpaired) electrons. The van der Waals surface area contributed by atoms with E-state index in [1.54, 1.807) is 24.3 Å². The van der Waals surface area contributed by atoms with Crippen LogP contribution < -0.4 is 5.32 Å². The summed E-state index contributed by atoms with van der Waals surface area (Å²) < 4.78 is 38.8. The van der Waals surface area contributed by atoms with Gasteiger partial charge in [-0.3, -0.25) is 4.79 Å². The second kappa shape index (κ2) is 8.71. The lowest BCUT2D eigenvalue weighted by molar-refractivity contribution is -0.137. The van der Waals surface area contributed by atoms with Crippen LogP contribution in [0.15, 0.2) is 77.7 Å². The lowest BCUT2D eigenvalue weighted by Crippen LogP contribution is -2.14. The third kappa shape index (κ3) is 5.09. The number of halogens is 4. The molecule has 2 nitrogen and oxygen atoms in total. The molecule has 3 aromatic carbocycles. The Labute approximate surface area is 169 Å². The van der Waals surface area contributed by atoms with Gasteiger partial charge in [-0.2, -0.15) is 13.2 Å². The fourth-order valence-corrected chi connectivity index (χ4v) is 3.67. The van der Waals surface area contributed by atoms with Crippen molar-refractivity contribution in [1.29, 1.82) is 0 Å². The van der Waals surface area contributed by atoms with Crippen molar-refractivity contribution in [2.75, 3.05) is 5.32 Å². The van der Waals surface area contributed by atoms with Gasteiger partial charge in [-0.1, -0.05) is 54.1 Å². The van der Waals surface area contributed by atoms with Gasteiger partial charge in [0.2, 0.25) is 0 Å². The number of rotatable bonds is 5. The molecule has 0 bridgehead atoms. The lowest BCUT2D eigenvalue weighted by Gasteiger charge is -2.13. The third-order valence-corrected chi connectivity index (χ3v) is 5.38. The first-order chi connectivity index (χ1) is 13.3. The lowest BCUT2D eigenvalue weighted by atomic mass is 10.1. The average molecular weight is 422 g/mol. The van der Waals surface area contributed by atoms with E-state index in [0.29, 0.717) is 11.3 Å². The van der Waals surface area contributed by atoms with E-state index in [-0.39, 0.29) is 10.7 Å². The number of hydrogen-bond donors (Lipinski definition) is 1. The number of carbonyl (C=O) groups excluding carboxylic acids is 1. The van der Waals surface area contributed by atoms with Crippen LogP contribution in [0.2, 0.25) is 5.02 Å². The Hall–Kier alpha value is -2.44. The summed E-state index contributed by atoms with van der Waals surface area (Å²) in [6.45, 7) is 0. The molecule has 0 aliphatic carbocycles. The van der Waals surface area contributed by atoms with Gasteiger partial charge in [0, 0.05) is 10.6 Å². The molecule has 1 amide bonds. The van der Waals surface area contributed by atoms with Crippen LogP contribution in [-0.4, -0.2) is 5.91 Å². The van der Waals surface area contributed by atoms with Gasteiger partial charge in [0.15, 0.2) is 0 Å². The van der Waals surface area contributed by atoms with Crippen molar-refractivity contribution in [3.8, 4) is 0 Å². The molecule has 0 fully saturated rings. The molecule has 0 spiro atoms. The van der Waals surface area contributed by atoms with Crippen molar-refractivity contribution < 1.29 is 18.0 Å². The summed E-state index contributed by atoms with van der Waals surface area (Å²) in [5.74, 6) is 0.146. The van der Waals surface area contributed by atoms with Crippen LogP contribution in [0.4, 0.5) is 18.9 Å². The van der Waals surface area contributed by atoms with E-state index in [9.17, 15) is 18.0 Å². The van der Waals surface area contributed by atoms with Crippen LogP contribution in [-0.2, 0) is 11.9 Å². The second-order valence-electron chi connectivity index (χ2n) is 5.92. The highest BCUT2D eigenvalue weighted by Gasteiger charge is 2.31. The molecule has 0 aliphatic heterocycles. The van der Waals surface area contributed by atoms with Crippen molar-refractivity contribution in [2.24, 2.45) is 0 Å². The van der Waals surface area contributed by atoms with Crippen molar-refractivity contribution in [2.45, 2.75) is 16.8 Å². The van der Waals surface area contributed by atoms with E-state index in [4.69, 9.17) is 11.6 Å². The molecule has 0 aliphatic rings. The van der Waals surface area contributed by atoms with Crippen molar-refractivity contribution >= 4 is 35.0 Å². The number of amides is 1. The van der Waals surface area contributed by atoms with Gasteiger partial charge in [0.05, 0.1) is 21.8 Å². The van der Waals surface area contributed by atoms with E-state index in [1.807, 2.05) is 30.3 Å². The zero-order valence-corrected chi connectivity index (χ0v) is 16.0. The maximum atomic E-state index is 12.9. The molecule has 7 heteroatoms. The molecule has 1 N–H and O–H groups in total. The summed E-state index contributed by atoms with van der Waals surface area (Å²) in [5, 5.41) is 2.53. The molecule has 0 saturated carbocycles. The van der Waals surface area contributed by atoms with Crippen molar-refractivity contribution in [3.05, 3.63) is 94.5 Å². The number of carbonyl (C=O) groups is 1. The first-order valence-corrected chi connectivity index (χ1v) is 9.65. The van der Waals surface area contributed by atoms with Crippen molar-refractivity contribution in [1.82, 2.24) is 0 Å². The first kappa shape index (κ1) is 20.3. The van der Waals surface area contributed by atoms with Crippen molar-refractivity contribution in [3.63, 3.8) is 0 Å². The van der Waals surface area contributed by atoms with E-state index < -0.39 is 17.6 Å². The summed E-state index contributed by atoms with van der Waals surface area (Å²) >= 11 is 7.45. The minimum atomic E-state index is -4.52. The molecule has 0 unspecified atom stereocenters. The van der Waals surface area contributed by atoms with E-state index in [1.165, 1.54) is 11.8 Å². The normalized spacial score (nSPS) is 11.3. The summed E-state index contributed by atoms with van der Waals surface area (Å²) in [6, 6.07) is 19.5. The van der Waals surface area contributed by atoms with E-state index in [0.717, 1.165) is 28.7 Å². The van der Waals surface area contributed by atoms with Crippen LogP contribution in [0.5, 0.6) is 0 Å². The van der Waals surface area contributed by atoms with Gasteiger partial charge >= 0.3 is 6.18 Å². The fourth-order valence-electron chi connectivity index (χ4n) is 2.50. The molecule has 0 saturated heterocycles. The Kier molecular flexibility index (Phi) is 6.31. The molecule has 0 aromatic heterocycles. The molecule has 0 atom stereocenters. The predicted octanol–water partition coefficient (Wildman–Crippen LogP) is 6.90. The Morgan fingerprint density at radius 1 is 0.964 bits per heavy atom. The van der Waals surface area contributed by atoms with Crippen LogP contribution in [0, 0.1) is 0 Å². The van der Waals surface area contributed by atoms with Crippen LogP contribution in [0.25, 0.3) is 0 Å². The van der Waals surface area contributed by atoms with Gasteiger partial charge in [0.25, 0.3) is 5.91 Å². The Morgan fingerprint density at radius 3 is 2.36 bits per heavy atom. The highest BCUT2D eigenvalue weighted by Crippen LogP contribution is 2.34. The maximum absolute atomic E-state index is 12.9.